The summed E-state index contributed by atoms with van der Waals surface area (Å²) in [5.41, 5.74) is 6.08. The number of piperidine rings is 1. The largest absolute Gasteiger partial charge is 0.317 e. The number of aromatic nitrogens is 5. The Hall–Kier alpha value is -3.26. The van der Waals surface area contributed by atoms with Crippen LogP contribution in [0.5, 0.6) is 0 Å². The Bertz CT molecular complexity index is 1220. The Kier molecular flexibility index (Phi) is 4.28. The summed E-state index contributed by atoms with van der Waals surface area (Å²) in [4.78, 5) is 16.9. The zero-order valence-electron chi connectivity index (χ0n) is 16.5. The summed E-state index contributed by atoms with van der Waals surface area (Å²) < 4.78 is 1.80. The van der Waals surface area contributed by atoms with Gasteiger partial charge in [-0.2, -0.15) is 10.2 Å². The van der Waals surface area contributed by atoms with Crippen LogP contribution < -0.4 is 10.6 Å². The van der Waals surface area contributed by atoms with E-state index in [1.807, 2.05) is 13.1 Å². The molecule has 0 unspecified atom stereocenters. The summed E-state index contributed by atoms with van der Waals surface area (Å²) in [6.45, 7) is 5.88. The van der Waals surface area contributed by atoms with Crippen molar-refractivity contribution < 1.29 is 4.79 Å². The smallest absolute Gasteiger partial charge is 0.228 e. The highest BCUT2D eigenvalue weighted by Crippen LogP contribution is 2.31. The number of anilines is 1. The van der Waals surface area contributed by atoms with Gasteiger partial charge in [0.25, 0.3) is 0 Å². The first-order chi connectivity index (χ1) is 14.1. The van der Waals surface area contributed by atoms with E-state index < -0.39 is 0 Å². The van der Waals surface area contributed by atoms with Gasteiger partial charge in [0.05, 0.1) is 5.52 Å². The maximum Gasteiger partial charge on any atom is 0.228 e. The number of rotatable bonds is 3. The number of amides is 1. The molecule has 0 radical (unpaired) electrons. The van der Waals surface area contributed by atoms with Gasteiger partial charge < -0.3 is 10.6 Å². The van der Waals surface area contributed by atoms with Crippen molar-refractivity contribution >= 4 is 28.3 Å². The van der Waals surface area contributed by atoms with Gasteiger partial charge in [0.15, 0.2) is 11.5 Å². The van der Waals surface area contributed by atoms with Crippen LogP contribution in [0, 0.1) is 19.8 Å². The molecule has 5 rings (SSSR count). The van der Waals surface area contributed by atoms with E-state index in [1.165, 1.54) is 0 Å². The molecule has 8 nitrogen and oxygen atoms in total. The van der Waals surface area contributed by atoms with Crippen molar-refractivity contribution in [2.24, 2.45) is 5.92 Å². The van der Waals surface area contributed by atoms with Gasteiger partial charge in [-0.3, -0.25) is 9.89 Å². The molecule has 1 aliphatic heterocycles. The highest BCUT2D eigenvalue weighted by atomic mass is 16.2. The van der Waals surface area contributed by atoms with Crippen molar-refractivity contribution in [3.8, 4) is 11.1 Å². The quantitative estimate of drug-likeness (QED) is 0.500. The summed E-state index contributed by atoms with van der Waals surface area (Å²) in [6.07, 6.45) is 5.27. The predicted octanol–water partition coefficient (Wildman–Crippen LogP) is 2.83. The molecule has 148 valence electrons. The van der Waals surface area contributed by atoms with E-state index in [0.717, 1.165) is 64.7 Å². The average Bonchev–Trinajstić information content (AvgIpc) is 3.35. The van der Waals surface area contributed by atoms with E-state index in [9.17, 15) is 4.79 Å². The van der Waals surface area contributed by atoms with Crippen LogP contribution in [0.2, 0.25) is 0 Å². The molecule has 3 N–H and O–H groups in total. The number of pyridine rings is 1. The highest BCUT2D eigenvalue weighted by Gasteiger charge is 2.22. The Labute approximate surface area is 167 Å². The topological polar surface area (TPSA) is 100 Å². The molecule has 0 atom stereocenters. The number of nitrogens with one attached hydrogen (secondary N) is 3. The number of carbonyl (C=O) groups is 1. The lowest BCUT2D eigenvalue weighted by Crippen LogP contribution is -2.34. The molecule has 0 spiro atoms. The van der Waals surface area contributed by atoms with E-state index in [1.54, 1.807) is 10.8 Å². The van der Waals surface area contributed by atoms with E-state index in [4.69, 9.17) is 0 Å². The van der Waals surface area contributed by atoms with Gasteiger partial charge in [0.1, 0.15) is 6.33 Å². The van der Waals surface area contributed by atoms with Gasteiger partial charge in [0, 0.05) is 23.1 Å². The molecule has 0 aliphatic carbocycles. The SMILES string of the molecule is Cc1cc2c(NC(=O)C3CCNCC3)n[nH]c2cc1-c1cc(C)c2ncnn2c1. The van der Waals surface area contributed by atoms with Crippen molar-refractivity contribution in [1.82, 2.24) is 30.1 Å². The van der Waals surface area contributed by atoms with Gasteiger partial charge in [0.2, 0.25) is 5.91 Å². The first-order valence-electron chi connectivity index (χ1n) is 9.91. The van der Waals surface area contributed by atoms with E-state index in [2.05, 4.69) is 56.0 Å². The molecular weight excluding hydrogens is 366 g/mol. The van der Waals surface area contributed by atoms with Crippen LogP contribution in [0.15, 0.2) is 30.7 Å². The van der Waals surface area contributed by atoms with Crippen molar-refractivity contribution in [3.05, 3.63) is 41.9 Å². The number of benzene rings is 1. The molecule has 4 heterocycles. The van der Waals surface area contributed by atoms with Gasteiger partial charge in [-0.15, -0.1) is 0 Å². The molecule has 29 heavy (non-hydrogen) atoms. The number of aromatic amines is 1. The number of carbonyl (C=O) groups excluding carboxylic acids is 1. The summed E-state index contributed by atoms with van der Waals surface area (Å²) in [6, 6.07) is 6.27. The maximum absolute atomic E-state index is 12.6. The number of H-pyrrole nitrogens is 1. The molecule has 1 amide bonds. The van der Waals surface area contributed by atoms with Gasteiger partial charge >= 0.3 is 0 Å². The molecule has 1 aromatic carbocycles. The zero-order valence-corrected chi connectivity index (χ0v) is 16.5. The molecule has 0 saturated carbocycles. The molecule has 1 aliphatic rings. The number of fused-ring (bicyclic) bond motifs is 2. The molecule has 4 aromatic rings. The predicted molar refractivity (Wildman–Crippen MR) is 112 cm³/mol. The third-order valence-corrected chi connectivity index (χ3v) is 5.73. The first-order valence-corrected chi connectivity index (χ1v) is 9.91. The maximum atomic E-state index is 12.6. The standard InChI is InChI=1S/C21H23N7O/c1-12-8-17-18(26-27-19(17)25-21(29)14-3-5-22-6-4-14)9-16(12)15-7-13(2)20-23-11-24-28(20)10-15/h7-11,14,22H,3-6H2,1-2H3,(H2,25,26,27,29). The fraction of sp³-hybridized carbons (Fsp3) is 0.333. The summed E-state index contributed by atoms with van der Waals surface area (Å²) in [5, 5.41) is 18.9. The third kappa shape index (κ3) is 3.15. The second-order valence-electron chi connectivity index (χ2n) is 7.74. The number of aryl methyl sites for hydroxylation is 2. The van der Waals surface area contributed by atoms with Crippen molar-refractivity contribution in [1.29, 1.82) is 0 Å². The summed E-state index contributed by atoms with van der Waals surface area (Å²) in [7, 11) is 0. The van der Waals surface area contributed by atoms with E-state index in [0.29, 0.717) is 5.82 Å². The van der Waals surface area contributed by atoms with Gasteiger partial charge in [-0.05, 0) is 74.7 Å². The van der Waals surface area contributed by atoms with Crippen molar-refractivity contribution in [2.45, 2.75) is 26.7 Å². The zero-order chi connectivity index (χ0) is 20.0. The van der Waals surface area contributed by atoms with Crippen LogP contribution in [-0.2, 0) is 4.79 Å². The average molecular weight is 389 g/mol. The van der Waals surface area contributed by atoms with Gasteiger partial charge in [-0.25, -0.2) is 9.50 Å². The molecule has 1 fully saturated rings. The molecular formula is C21H23N7O. The van der Waals surface area contributed by atoms with E-state index in [-0.39, 0.29) is 11.8 Å². The fourth-order valence-electron chi connectivity index (χ4n) is 4.12. The van der Waals surface area contributed by atoms with Crippen LogP contribution in [0.25, 0.3) is 27.7 Å². The Morgan fingerprint density at radius 2 is 2.00 bits per heavy atom. The molecule has 0 bridgehead atoms. The Morgan fingerprint density at radius 3 is 2.83 bits per heavy atom. The minimum absolute atomic E-state index is 0.0424. The summed E-state index contributed by atoms with van der Waals surface area (Å²) >= 11 is 0. The monoisotopic (exact) mass is 389 g/mol. The van der Waals surface area contributed by atoms with Gasteiger partial charge in [-0.1, -0.05) is 0 Å². The lowest BCUT2D eigenvalue weighted by Gasteiger charge is -2.21. The van der Waals surface area contributed by atoms with Crippen molar-refractivity contribution in [2.75, 3.05) is 18.4 Å². The van der Waals surface area contributed by atoms with Crippen LogP contribution >= 0.6 is 0 Å². The minimum Gasteiger partial charge on any atom is -0.317 e. The molecule has 1 saturated heterocycles. The number of nitrogens with zero attached hydrogens (tertiary/aromatic N) is 4. The Balaban J connectivity index is 1.49. The van der Waals surface area contributed by atoms with Crippen LogP contribution in [0.4, 0.5) is 5.82 Å². The summed E-state index contributed by atoms with van der Waals surface area (Å²) in [5.74, 6) is 0.690. The minimum atomic E-state index is 0.0424. The van der Waals surface area contributed by atoms with Crippen LogP contribution in [-0.4, -0.2) is 43.8 Å². The lowest BCUT2D eigenvalue weighted by molar-refractivity contribution is -0.120. The fourth-order valence-corrected chi connectivity index (χ4v) is 4.12. The first kappa shape index (κ1) is 17.8. The van der Waals surface area contributed by atoms with Crippen molar-refractivity contribution in [3.63, 3.8) is 0 Å². The third-order valence-electron chi connectivity index (χ3n) is 5.73. The molecule has 3 aromatic heterocycles. The van der Waals surface area contributed by atoms with Crippen LogP contribution in [0.1, 0.15) is 24.0 Å². The lowest BCUT2D eigenvalue weighted by atomic mass is 9.97. The second-order valence-corrected chi connectivity index (χ2v) is 7.74. The number of hydrogen-bond acceptors (Lipinski definition) is 5. The highest BCUT2D eigenvalue weighted by molar-refractivity contribution is 6.02. The number of hydrogen-bond donors (Lipinski definition) is 3. The van der Waals surface area contributed by atoms with Crippen LogP contribution in [0.3, 0.4) is 0 Å². The molecule has 8 heteroatoms. The second kappa shape index (κ2) is 6.97. The van der Waals surface area contributed by atoms with E-state index >= 15 is 0 Å². The normalized spacial score (nSPS) is 15.2. The Morgan fingerprint density at radius 1 is 1.17 bits per heavy atom.